The van der Waals surface area contributed by atoms with E-state index < -0.39 is 0 Å². The Morgan fingerprint density at radius 1 is 1.41 bits per heavy atom. The second-order valence-corrected chi connectivity index (χ2v) is 6.23. The standard InChI is InChI=1S/C16H15N3O2S/c20-16(14-4-2-8-22-14)17-10-5-6-11-12(9-10)19-15(18-11)13-3-1-7-21-13/h2,4-6,8-9,13H,1,3,7H2,(H,17,20)(H,18,19). The van der Waals surface area contributed by atoms with Crippen LogP contribution in [0.1, 0.15) is 34.4 Å². The minimum Gasteiger partial charge on any atom is -0.370 e. The molecule has 1 aliphatic heterocycles. The summed E-state index contributed by atoms with van der Waals surface area (Å²) in [5.74, 6) is 0.780. The van der Waals surface area contributed by atoms with E-state index in [9.17, 15) is 4.79 Å². The van der Waals surface area contributed by atoms with E-state index in [1.165, 1.54) is 11.3 Å². The lowest BCUT2D eigenvalue weighted by atomic mass is 10.2. The number of aromatic nitrogens is 2. The first-order chi connectivity index (χ1) is 10.8. The third-order valence-corrected chi connectivity index (χ3v) is 4.61. The number of nitrogens with zero attached hydrogens (tertiary/aromatic N) is 1. The maximum Gasteiger partial charge on any atom is 0.265 e. The number of hydrogen-bond donors (Lipinski definition) is 2. The van der Waals surface area contributed by atoms with Gasteiger partial charge in [-0.05, 0) is 42.5 Å². The number of rotatable bonds is 3. The molecule has 1 amide bonds. The van der Waals surface area contributed by atoms with Crippen LogP contribution in [-0.2, 0) is 4.74 Å². The number of carbonyl (C=O) groups excluding carboxylic acids is 1. The van der Waals surface area contributed by atoms with Gasteiger partial charge >= 0.3 is 0 Å². The number of H-pyrrole nitrogens is 1. The highest BCUT2D eigenvalue weighted by Crippen LogP contribution is 2.28. The van der Waals surface area contributed by atoms with Crippen LogP contribution < -0.4 is 5.32 Å². The quantitative estimate of drug-likeness (QED) is 0.774. The number of amides is 1. The van der Waals surface area contributed by atoms with E-state index in [1.54, 1.807) is 0 Å². The maximum absolute atomic E-state index is 12.1. The zero-order valence-corrected chi connectivity index (χ0v) is 12.7. The van der Waals surface area contributed by atoms with Crippen molar-refractivity contribution < 1.29 is 9.53 Å². The normalized spacial score (nSPS) is 17.9. The lowest BCUT2D eigenvalue weighted by Crippen LogP contribution is -2.09. The summed E-state index contributed by atoms with van der Waals surface area (Å²) >= 11 is 1.43. The monoisotopic (exact) mass is 313 g/mol. The summed E-state index contributed by atoms with van der Waals surface area (Å²) in [6, 6.07) is 9.37. The molecule has 4 rings (SSSR count). The summed E-state index contributed by atoms with van der Waals surface area (Å²) in [5, 5.41) is 4.80. The maximum atomic E-state index is 12.1. The molecular weight excluding hydrogens is 298 g/mol. The van der Waals surface area contributed by atoms with Crippen molar-refractivity contribution in [2.75, 3.05) is 11.9 Å². The van der Waals surface area contributed by atoms with Gasteiger partial charge in [0, 0.05) is 12.3 Å². The molecule has 1 atom stereocenters. The first kappa shape index (κ1) is 13.5. The van der Waals surface area contributed by atoms with Crippen LogP contribution in [0.5, 0.6) is 0 Å². The van der Waals surface area contributed by atoms with Gasteiger partial charge in [0.15, 0.2) is 0 Å². The molecule has 1 aliphatic rings. The van der Waals surface area contributed by atoms with Crippen LogP contribution >= 0.6 is 11.3 Å². The van der Waals surface area contributed by atoms with Crippen LogP contribution in [0.2, 0.25) is 0 Å². The molecule has 1 fully saturated rings. The van der Waals surface area contributed by atoms with Gasteiger partial charge in [-0.15, -0.1) is 11.3 Å². The summed E-state index contributed by atoms with van der Waals surface area (Å²) in [4.78, 5) is 20.7. The van der Waals surface area contributed by atoms with E-state index in [1.807, 2.05) is 35.7 Å². The molecule has 1 unspecified atom stereocenters. The molecule has 0 radical (unpaired) electrons. The van der Waals surface area contributed by atoms with Crippen molar-refractivity contribution >= 4 is 34.0 Å². The molecule has 3 heterocycles. The lowest BCUT2D eigenvalue weighted by Gasteiger charge is -2.03. The minimum atomic E-state index is -0.0896. The number of nitrogens with one attached hydrogen (secondary N) is 2. The molecule has 3 aromatic rings. The van der Waals surface area contributed by atoms with Crippen molar-refractivity contribution in [1.82, 2.24) is 9.97 Å². The van der Waals surface area contributed by atoms with Crippen molar-refractivity contribution in [3.63, 3.8) is 0 Å². The molecule has 0 spiro atoms. The first-order valence-electron chi connectivity index (χ1n) is 7.26. The number of thiophene rings is 1. The summed E-state index contributed by atoms with van der Waals surface area (Å²) in [7, 11) is 0. The molecule has 5 nitrogen and oxygen atoms in total. The molecule has 0 saturated carbocycles. The van der Waals surface area contributed by atoms with Gasteiger partial charge in [0.1, 0.15) is 11.9 Å². The zero-order valence-electron chi connectivity index (χ0n) is 11.8. The SMILES string of the molecule is O=C(Nc1ccc2nc(C3CCCO3)[nH]c2c1)c1cccs1. The van der Waals surface area contributed by atoms with Crippen LogP contribution in [0.25, 0.3) is 11.0 Å². The summed E-state index contributed by atoms with van der Waals surface area (Å²) < 4.78 is 5.65. The molecule has 0 bridgehead atoms. The molecular formula is C16H15N3O2S. The Bertz CT molecular complexity index is 804. The Hall–Kier alpha value is -2.18. The zero-order chi connectivity index (χ0) is 14.9. The topological polar surface area (TPSA) is 67.0 Å². The summed E-state index contributed by atoms with van der Waals surface area (Å²) in [5.41, 5.74) is 2.56. The third kappa shape index (κ3) is 2.51. The molecule has 0 aliphatic carbocycles. The highest BCUT2D eigenvalue weighted by atomic mass is 32.1. The highest BCUT2D eigenvalue weighted by molar-refractivity contribution is 7.12. The van der Waals surface area contributed by atoms with Gasteiger partial charge in [0.05, 0.1) is 15.9 Å². The van der Waals surface area contributed by atoms with Crippen LogP contribution in [0.15, 0.2) is 35.7 Å². The van der Waals surface area contributed by atoms with Gasteiger partial charge in [0.25, 0.3) is 5.91 Å². The third-order valence-electron chi connectivity index (χ3n) is 3.74. The largest absolute Gasteiger partial charge is 0.370 e. The Balaban J connectivity index is 1.58. The fraction of sp³-hybridized carbons (Fsp3) is 0.250. The van der Waals surface area contributed by atoms with Crippen LogP contribution in [0, 0.1) is 0 Å². The Morgan fingerprint density at radius 2 is 2.36 bits per heavy atom. The fourth-order valence-electron chi connectivity index (χ4n) is 2.65. The number of imidazole rings is 1. The van der Waals surface area contributed by atoms with Gasteiger partial charge in [-0.25, -0.2) is 4.98 Å². The van der Waals surface area contributed by atoms with Crippen molar-refractivity contribution in [3.8, 4) is 0 Å². The molecule has 6 heteroatoms. The van der Waals surface area contributed by atoms with Crippen molar-refractivity contribution in [2.45, 2.75) is 18.9 Å². The summed E-state index contributed by atoms with van der Waals surface area (Å²) in [6.07, 6.45) is 2.14. The minimum absolute atomic E-state index is 0.0663. The predicted molar refractivity (Wildman–Crippen MR) is 86.3 cm³/mol. The van der Waals surface area contributed by atoms with Crippen molar-refractivity contribution in [3.05, 3.63) is 46.4 Å². The molecule has 2 aromatic heterocycles. The van der Waals surface area contributed by atoms with Crippen molar-refractivity contribution in [2.24, 2.45) is 0 Å². The van der Waals surface area contributed by atoms with Crippen LogP contribution in [-0.4, -0.2) is 22.5 Å². The van der Waals surface area contributed by atoms with E-state index in [0.29, 0.717) is 4.88 Å². The van der Waals surface area contributed by atoms with Gasteiger partial charge in [-0.2, -0.15) is 0 Å². The Labute approximate surface area is 131 Å². The van der Waals surface area contributed by atoms with Gasteiger partial charge in [-0.3, -0.25) is 4.79 Å². The van der Waals surface area contributed by atoms with Crippen molar-refractivity contribution in [1.29, 1.82) is 0 Å². The van der Waals surface area contributed by atoms with Gasteiger partial charge < -0.3 is 15.0 Å². The average molecular weight is 313 g/mol. The second-order valence-electron chi connectivity index (χ2n) is 5.29. The number of anilines is 1. The van der Waals surface area contributed by atoms with E-state index in [2.05, 4.69) is 15.3 Å². The number of aromatic amines is 1. The Morgan fingerprint density at radius 3 is 3.14 bits per heavy atom. The number of carbonyl (C=O) groups is 1. The average Bonchev–Trinajstić information content (AvgIpc) is 3.26. The first-order valence-corrected chi connectivity index (χ1v) is 8.14. The predicted octanol–water partition coefficient (Wildman–Crippen LogP) is 3.73. The molecule has 112 valence electrons. The van der Waals surface area contributed by atoms with E-state index in [4.69, 9.17) is 4.74 Å². The number of benzene rings is 1. The van der Waals surface area contributed by atoms with Gasteiger partial charge in [-0.1, -0.05) is 6.07 Å². The van der Waals surface area contributed by atoms with E-state index in [-0.39, 0.29) is 12.0 Å². The van der Waals surface area contributed by atoms with Crippen LogP contribution in [0.3, 0.4) is 0 Å². The molecule has 22 heavy (non-hydrogen) atoms. The second kappa shape index (κ2) is 5.55. The van der Waals surface area contributed by atoms with E-state index >= 15 is 0 Å². The number of ether oxygens (including phenoxy) is 1. The number of fused-ring (bicyclic) bond motifs is 1. The molecule has 1 aromatic carbocycles. The number of hydrogen-bond acceptors (Lipinski definition) is 4. The smallest absolute Gasteiger partial charge is 0.265 e. The fourth-order valence-corrected chi connectivity index (χ4v) is 3.27. The molecule has 1 saturated heterocycles. The van der Waals surface area contributed by atoms with E-state index in [0.717, 1.165) is 42.0 Å². The lowest BCUT2D eigenvalue weighted by molar-refractivity contribution is 0.103. The highest BCUT2D eigenvalue weighted by Gasteiger charge is 2.21. The van der Waals surface area contributed by atoms with Gasteiger partial charge in [0.2, 0.25) is 0 Å². The Kier molecular flexibility index (Phi) is 3.40. The molecule has 2 N–H and O–H groups in total. The van der Waals surface area contributed by atoms with Crippen LogP contribution in [0.4, 0.5) is 5.69 Å². The summed E-state index contributed by atoms with van der Waals surface area (Å²) in [6.45, 7) is 0.795.